The lowest BCUT2D eigenvalue weighted by Gasteiger charge is -2.11. The molecule has 0 amide bonds. The van der Waals surface area contributed by atoms with E-state index in [9.17, 15) is 19.7 Å². The average molecular weight is 643 g/mol. The van der Waals surface area contributed by atoms with Crippen LogP contribution in [0.1, 0.15) is 57.6 Å². The maximum Gasteiger partial charge on any atom is 0.331 e. The average Bonchev–Trinajstić information content (AvgIpc) is 3.77. The van der Waals surface area contributed by atoms with Gasteiger partial charge in [-0.1, -0.05) is 16.4 Å². The van der Waals surface area contributed by atoms with E-state index in [1.165, 1.54) is 31.7 Å². The van der Waals surface area contributed by atoms with Gasteiger partial charge < -0.3 is 23.7 Å². The molecule has 3 aromatic rings. The van der Waals surface area contributed by atoms with Gasteiger partial charge in [0, 0.05) is 78.6 Å². The first-order chi connectivity index (χ1) is 21.2. The molecule has 2 aliphatic heterocycles. The van der Waals surface area contributed by atoms with E-state index in [1.807, 2.05) is 35.8 Å². The first-order valence-electron chi connectivity index (χ1n) is 14.5. The van der Waals surface area contributed by atoms with Crippen molar-refractivity contribution in [3.05, 3.63) is 51.6 Å². The van der Waals surface area contributed by atoms with Gasteiger partial charge in [0.1, 0.15) is 16.4 Å². The van der Waals surface area contributed by atoms with Crippen LogP contribution in [0.15, 0.2) is 40.6 Å². The van der Waals surface area contributed by atoms with E-state index in [0.29, 0.717) is 59.2 Å². The van der Waals surface area contributed by atoms with E-state index < -0.39 is 16.9 Å². The lowest BCUT2D eigenvalue weighted by Crippen LogP contribution is -2.11. The Morgan fingerprint density at radius 3 is 2.00 bits per heavy atom. The van der Waals surface area contributed by atoms with E-state index in [0.717, 1.165) is 42.1 Å². The molecular weight excluding hydrogens is 608 g/mol. The fourth-order valence-corrected chi connectivity index (χ4v) is 7.47. The zero-order valence-electron chi connectivity index (χ0n) is 24.8. The summed E-state index contributed by atoms with van der Waals surface area (Å²) in [6.45, 7) is 6.36. The zero-order valence-corrected chi connectivity index (χ0v) is 26.4. The summed E-state index contributed by atoms with van der Waals surface area (Å²) in [5, 5.41) is 22.1. The molecule has 2 atom stereocenters. The second-order valence-electron chi connectivity index (χ2n) is 10.4. The normalized spacial score (nSPS) is 19.2. The maximum atomic E-state index is 12.5. The first kappa shape index (κ1) is 31.9. The van der Waals surface area contributed by atoms with Gasteiger partial charge in [0.25, 0.3) is 5.69 Å². The Balaban J connectivity index is 1.63. The number of aromatic nitrogens is 1. The smallest absolute Gasteiger partial charge is 0.331 e. The molecule has 1 aromatic heterocycles. The Kier molecular flexibility index (Phi) is 10.6. The minimum absolute atomic E-state index is 0.0248. The molecule has 2 aromatic carbocycles. The maximum absolute atomic E-state index is 12.5. The highest BCUT2D eigenvalue weighted by Crippen LogP contribution is 2.38. The predicted molar refractivity (Wildman–Crippen MR) is 171 cm³/mol. The van der Waals surface area contributed by atoms with Gasteiger partial charge >= 0.3 is 11.9 Å². The van der Waals surface area contributed by atoms with Gasteiger partial charge in [-0.25, -0.2) is 9.59 Å². The van der Waals surface area contributed by atoms with Gasteiger partial charge in [-0.15, -0.1) is 23.5 Å². The van der Waals surface area contributed by atoms with Crippen molar-refractivity contribution >= 4 is 74.4 Å². The number of nitro benzene ring substituents is 1. The highest BCUT2D eigenvalue weighted by Gasteiger charge is 2.26. The Morgan fingerprint density at radius 1 is 0.932 bits per heavy atom. The second-order valence-corrected chi connectivity index (χ2v) is 12.7. The quantitative estimate of drug-likeness (QED) is 0.0999. The molecule has 0 aliphatic carbocycles. The molecule has 0 N–H and O–H groups in total. The van der Waals surface area contributed by atoms with E-state index in [2.05, 4.69) is 10.3 Å². The number of hydrogen-bond acceptors (Lipinski definition) is 12. The molecule has 2 unspecified atom stereocenters. The topological polar surface area (TPSA) is 144 Å². The van der Waals surface area contributed by atoms with Crippen molar-refractivity contribution in [2.24, 2.45) is 10.3 Å². The highest BCUT2D eigenvalue weighted by molar-refractivity contribution is 8.00. The fraction of sp³-hybridized carbons (Fsp3) is 0.467. The molecule has 2 saturated heterocycles. The van der Waals surface area contributed by atoms with Crippen LogP contribution >= 0.6 is 23.5 Å². The van der Waals surface area contributed by atoms with E-state index in [1.54, 1.807) is 11.8 Å². The zero-order chi connectivity index (χ0) is 31.2. The number of carbonyl (C=O) groups is 2. The van der Waals surface area contributed by atoms with Crippen LogP contribution in [-0.2, 0) is 35.3 Å². The van der Waals surface area contributed by atoms with Crippen LogP contribution in [0.25, 0.3) is 21.8 Å². The third kappa shape index (κ3) is 7.42. The van der Waals surface area contributed by atoms with Crippen molar-refractivity contribution in [1.29, 1.82) is 0 Å². The summed E-state index contributed by atoms with van der Waals surface area (Å²) in [5.74, 6) is -0.347. The third-order valence-electron chi connectivity index (χ3n) is 7.27. The van der Waals surface area contributed by atoms with E-state index in [4.69, 9.17) is 19.1 Å². The van der Waals surface area contributed by atoms with Crippen LogP contribution in [0.4, 0.5) is 5.69 Å². The van der Waals surface area contributed by atoms with Crippen molar-refractivity contribution in [1.82, 2.24) is 4.57 Å². The summed E-state index contributed by atoms with van der Waals surface area (Å²) < 4.78 is 13.4. The van der Waals surface area contributed by atoms with Crippen LogP contribution in [-0.4, -0.2) is 68.4 Å². The molecule has 0 saturated carbocycles. The van der Waals surface area contributed by atoms with Crippen molar-refractivity contribution < 1.29 is 33.7 Å². The minimum atomic E-state index is -0.590. The van der Waals surface area contributed by atoms with E-state index in [-0.39, 0.29) is 16.6 Å². The number of nitrogens with zero attached hydrogens (tertiary/aromatic N) is 4. The minimum Gasteiger partial charge on any atom is -0.368 e. The summed E-state index contributed by atoms with van der Waals surface area (Å²) in [4.78, 5) is 45.4. The number of oxime groups is 2. The van der Waals surface area contributed by atoms with Crippen LogP contribution < -0.4 is 0 Å². The number of ether oxygens (including phenoxy) is 2. The van der Waals surface area contributed by atoms with Gasteiger partial charge in [-0.2, -0.15) is 0 Å². The standard InChI is InChI=1S/C30H34N4O8S2/c1-4-33-26-10-9-20(24(31-41-18(2)35)16-43-28-7-5-11-39-28)13-22(26)23-14-21(15-27(30(23)33)34(37)38)25(32-42-19(3)36)17-44-29-8-6-12-40-29/h9-10,13-15,28-29H,4-8,11-12,16-17H2,1-3H3/b31-24+,32-25+. The Bertz CT molecular complexity index is 1620. The Hall–Kier alpha value is -3.46. The molecule has 2 aliphatic rings. The van der Waals surface area contributed by atoms with Gasteiger partial charge in [-0.05, 0) is 50.8 Å². The molecule has 44 heavy (non-hydrogen) atoms. The number of fused-ring (bicyclic) bond motifs is 3. The fourth-order valence-electron chi connectivity index (χ4n) is 5.30. The predicted octanol–water partition coefficient (Wildman–Crippen LogP) is 6.00. The summed E-state index contributed by atoms with van der Waals surface area (Å²) in [6, 6.07) is 9.03. The Labute approximate surface area is 262 Å². The number of non-ortho nitro benzene ring substituents is 1. The number of carbonyl (C=O) groups excluding carboxylic acids is 2. The second kappa shape index (κ2) is 14.5. The molecular formula is C30H34N4O8S2. The van der Waals surface area contributed by atoms with Crippen LogP contribution in [0.5, 0.6) is 0 Å². The van der Waals surface area contributed by atoms with Crippen molar-refractivity contribution in [2.45, 2.75) is 63.9 Å². The van der Waals surface area contributed by atoms with Gasteiger partial charge in [0.05, 0.1) is 16.3 Å². The number of nitro groups is 1. The summed E-state index contributed by atoms with van der Waals surface area (Å²) in [6.07, 6.45) is 3.77. The first-order valence-corrected chi connectivity index (χ1v) is 16.5. The summed E-state index contributed by atoms with van der Waals surface area (Å²) in [7, 11) is 0. The number of hydrogen-bond donors (Lipinski definition) is 0. The van der Waals surface area contributed by atoms with E-state index >= 15 is 0 Å². The van der Waals surface area contributed by atoms with Crippen molar-refractivity contribution in [3.63, 3.8) is 0 Å². The molecule has 0 radical (unpaired) electrons. The van der Waals surface area contributed by atoms with Gasteiger partial charge in [0.2, 0.25) is 0 Å². The Morgan fingerprint density at radius 2 is 1.50 bits per heavy atom. The molecule has 12 nitrogen and oxygen atoms in total. The van der Waals surface area contributed by atoms with Gasteiger partial charge in [0.15, 0.2) is 0 Å². The molecule has 0 spiro atoms. The SMILES string of the molecule is CCn1c2ccc(/C(CSC3CCCO3)=N/OC(C)=O)cc2c2cc(/C(CSC3CCCO3)=N/OC(C)=O)cc([N+](=O)[O-])c21. The summed E-state index contributed by atoms with van der Waals surface area (Å²) >= 11 is 3.10. The lowest BCUT2D eigenvalue weighted by atomic mass is 10.0. The molecule has 14 heteroatoms. The largest absolute Gasteiger partial charge is 0.368 e. The molecule has 5 rings (SSSR count). The van der Waals surface area contributed by atoms with Crippen LogP contribution in [0, 0.1) is 10.1 Å². The molecule has 234 valence electrons. The van der Waals surface area contributed by atoms with Crippen molar-refractivity contribution in [2.75, 3.05) is 24.7 Å². The van der Waals surface area contributed by atoms with Crippen LogP contribution in [0.3, 0.4) is 0 Å². The molecule has 3 heterocycles. The number of rotatable bonds is 12. The number of benzene rings is 2. The molecule has 0 bridgehead atoms. The lowest BCUT2D eigenvalue weighted by molar-refractivity contribution is -0.383. The summed E-state index contributed by atoms with van der Waals surface area (Å²) in [5.41, 5.74) is 3.34. The van der Waals surface area contributed by atoms with Crippen LogP contribution in [0.2, 0.25) is 0 Å². The molecule has 2 fully saturated rings. The monoisotopic (exact) mass is 642 g/mol. The third-order valence-corrected chi connectivity index (χ3v) is 9.64. The number of aryl methyl sites for hydroxylation is 1. The van der Waals surface area contributed by atoms with Crippen molar-refractivity contribution in [3.8, 4) is 0 Å². The number of thioether (sulfide) groups is 2. The highest BCUT2D eigenvalue weighted by atomic mass is 32.2. The van der Waals surface area contributed by atoms with Gasteiger partial charge in [-0.3, -0.25) is 10.1 Å².